The zero-order valence-electron chi connectivity index (χ0n) is 9.46. The molecule has 3 rings (SSSR count). The van der Waals surface area contributed by atoms with Gasteiger partial charge in [-0.3, -0.25) is 9.78 Å². The summed E-state index contributed by atoms with van der Waals surface area (Å²) in [6, 6.07) is 3.33. The number of aryl methyl sites for hydroxylation is 1. The molecule has 2 aromatic rings. The van der Waals surface area contributed by atoms with E-state index >= 15 is 0 Å². The molecule has 0 unspecified atom stereocenters. The molecule has 1 amide bonds. The van der Waals surface area contributed by atoms with Crippen LogP contribution in [0.5, 0.6) is 0 Å². The van der Waals surface area contributed by atoms with Gasteiger partial charge in [-0.15, -0.1) is 0 Å². The van der Waals surface area contributed by atoms with E-state index in [-0.39, 0.29) is 0 Å². The van der Waals surface area contributed by atoms with E-state index in [4.69, 9.17) is 28.9 Å². The first-order valence-electron chi connectivity index (χ1n) is 5.68. The average molecular weight is 281 g/mol. The fourth-order valence-electron chi connectivity index (χ4n) is 2.57. The Morgan fingerprint density at radius 1 is 1.28 bits per heavy atom. The van der Waals surface area contributed by atoms with Crippen LogP contribution in [0.2, 0.25) is 10.0 Å². The van der Waals surface area contributed by atoms with Crippen LogP contribution in [-0.4, -0.2) is 10.9 Å². The number of fused-ring (bicyclic) bond motifs is 2. The minimum Gasteiger partial charge on any atom is -0.366 e. The van der Waals surface area contributed by atoms with E-state index in [0.717, 1.165) is 30.5 Å². The molecule has 92 valence electrons. The van der Waals surface area contributed by atoms with Gasteiger partial charge in [0.25, 0.3) is 0 Å². The molecule has 18 heavy (non-hydrogen) atoms. The smallest absolute Gasteiger partial charge is 0.249 e. The minimum atomic E-state index is -0.445. The van der Waals surface area contributed by atoms with Gasteiger partial charge in [0.05, 0.1) is 16.1 Å². The Kier molecular flexibility index (Phi) is 2.68. The number of benzene rings is 1. The molecule has 1 aromatic heterocycles. The Hall–Kier alpha value is -1.32. The molecule has 0 saturated carbocycles. The van der Waals surface area contributed by atoms with Gasteiger partial charge in [-0.05, 0) is 37.0 Å². The molecule has 0 radical (unpaired) electrons. The normalized spacial score (nSPS) is 13.9. The highest BCUT2D eigenvalue weighted by molar-refractivity contribution is 6.38. The summed E-state index contributed by atoms with van der Waals surface area (Å²) in [6.45, 7) is 0. The zero-order chi connectivity index (χ0) is 12.9. The second-order valence-corrected chi connectivity index (χ2v) is 5.26. The highest BCUT2D eigenvalue weighted by Gasteiger charge is 2.23. The van der Waals surface area contributed by atoms with E-state index in [9.17, 15) is 4.79 Å². The number of hydrogen-bond acceptors (Lipinski definition) is 2. The topological polar surface area (TPSA) is 56.0 Å². The molecule has 1 aliphatic carbocycles. The van der Waals surface area contributed by atoms with E-state index in [1.165, 1.54) is 0 Å². The van der Waals surface area contributed by atoms with Crippen LogP contribution >= 0.6 is 23.2 Å². The fraction of sp³-hybridized carbons (Fsp3) is 0.231. The van der Waals surface area contributed by atoms with Crippen LogP contribution in [0.1, 0.15) is 28.0 Å². The highest BCUT2D eigenvalue weighted by atomic mass is 35.5. The highest BCUT2D eigenvalue weighted by Crippen LogP contribution is 2.34. The van der Waals surface area contributed by atoms with Crippen molar-refractivity contribution in [2.45, 2.75) is 19.3 Å². The number of aromatic nitrogens is 1. The van der Waals surface area contributed by atoms with Gasteiger partial charge < -0.3 is 5.73 Å². The minimum absolute atomic E-state index is 0.445. The average Bonchev–Trinajstić information content (AvgIpc) is 2.73. The van der Waals surface area contributed by atoms with Crippen LogP contribution in [0.3, 0.4) is 0 Å². The number of nitrogens with zero attached hydrogens (tertiary/aromatic N) is 1. The van der Waals surface area contributed by atoms with Crippen LogP contribution < -0.4 is 5.73 Å². The quantitative estimate of drug-likeness (QED) is 0.873. The summed E-state index contributed by atoms with van der Waals surface area (Å²) >= 11 is 12.1. The summed E-state index contributed by atoms with van der Waals surface area (Å²) in [7, 11) is 0. The molecule has 0 saturated heterocycles. The maximum absolute atomic E-state index is 11.7. The van der Waals surface area contributed by atoms with E-state index in [1.807, 2.05) is 0 Å². The van der Waals surface area contributed by atoms with E-state index < -0.39 is 5.91 Å². The van der Waals surface area contributed by atoms with Crippen molar-refractivity contribution in [1.82, 2.24) is 4.98 Å². The van der Waals surface area contributed by atoms with Crippen molar-refractivity contribution in [3.05, 3.63) is 39.0 Å². The van der Waals surface area contributed by atoms with Crippen LogP contribution in [0, 0.1) is 0 Å². The van der Waals surface area contributed by atoms with Gasteiger partial charge in [0, 0.05) is 16.1 Å². The lowest BCUT2D eigenvalue weighted by molar-refractivity contribution is 0.100. The van der Waals surface area contributed by atoms with Crippen LogP contribution in [0.15, 0.2) is 12.1 Å². The number of halogens is 2. The largest absolute Gasteiger partial charge is 0.366 e. The van der Waals surface area contributed by atoms with Crippen molar-refractivity contribution in [3.63, 3.8) is 0 Å². The lowest BCUT2D eigenvalue weighted by Crippen LogP contribution is -2.15. The molecule has 0 aliphatic heterocycles. The van der Waals surface area contributed by atoms with Gasteiger partial charge in [0.2, 0.25) is 5.91 Å². The number of hydrogen-bond donors (Lipinski definition) is 1. The maximum atomic E-state index is 11.7. The summed E-state index contributed by atoms with van der Waals surface area (Å²) in [5, 5.41) is 1.59. The van der Waals surface area contributed by atoms with Gasteiger partial charge in [-0.2, -0.15) is 0 Å². The number of nitrogens with two attached hydrogens (primary N) is 1. The SMILES string of the molecule is NC(=O)c1c2c(nc3c(Cl)cc(Cl)cc13)CCC2. The Bertz CT molecular complexity index is 682. The molecular formula is C13H10Cl2N2O. The second-order valence-electron chi connectivity index (χ2n) is 4.41. The maximum Gasteiger partial charge on any atom is 0.249 e. The van der Waals surface area contributed by atoms with Crippen molar-refractivity contribution in [2.75, 3.05) is 0 Å². The molecule has 3 nitrogen and oxygen atoms in total. The Labute approximate surface area is 114 Å². The summed E-state index contributed by atoms with van der Waals surface area (Å²) in [5.74, 6) is -0.445. The van der Waals surface area contributed by atoms with Gasteiger partial charge in [0.1, 0.15) is 0 Å². The Morgan fingerprint density at radius 3 is 2.78 bits per heavy atom. The lowest BCUT2D eigenvalue weighted by Gasteiger charge is -2.10. The third-order valence-electron chi connectivity index (χ3n) is 3.28. The molecular weight excluding hydrogens is 271 g/mol. The number of carbonyl (C=O) groups excluding carboxylic acids is 1. The predicted octanol–water partition coefficient (Wildman–Crippen LogP) is 3.13. The molecule has 0 spiro atoms. The summed E-state index contributed by atoms with van der Waals surface area (Å²) in [5.41, 5.74) is 8.52. The van der Waals surface area contributed by atoms with Crippen LogP contribution in [0.4, 0.5) is 0 Å². The first-order chi connectivity index (χ1) is 8.58. The van der Waals surface area contributed by atoms with Gasteiger partial charge in [-0.1, -0.05) is 23.2 Å². The standard InChI is InChI=1S/C13H10Cl2N2O/c14-6-4-8-11(13(16)18)7-2-1-3-10(7)17-12(8)9(15)5-6/h4-5H,1-3H2,(H2,16,18). The first-order valence-corrected chi connectivity index (χ1v) is 6.44. The molecule has 1 heterocycles. The number of primary amides is 1. The molecule has 2 N–H and O–H groups in total. The number of rotatable bonds is 1. The molecule has 0 bridgehead atoms. The third kappa shape index (κ3) is 1.66. The Balaban J connectivity index is 2.50. The molecule has 1 aliphatic rings. The second kappa shape index (κ2) is 4.11. The van der Waals surface area contributed by atoms with Crippen molar-refractivity contribution >= 4 is 40.0 Å². The summed E-state index contributed by atoms with van der Waals surface area (Å²) in [6.07, 6.45) is 2.69. The number of carbonyl (C=O) groups is 1. The van der Waals surface area contributed by atoms with E-state index in [2.05, 4.69) is 4.98 Å². The summed E-state index contributed by atoms with van der Waals surface area (Å²) in [4.78, 5) is 16.2. The third-order valence-corrected chi connectivity index (χ3v) is 3.79. The van der Waals surface area contributed by atoms with E-state index in [0.29, 0.717) is 26.5 Å². The lowest BCUT2D eigenvalue weighted by atomic mass is 10.0. The first kappa shape index (κ1) is 11.8. The van der Waals surface area contributed by atoms with Crippen LogP contribution in [-0.2, 0) is 12.8 Å². The summed E-state index contributed by atoms with van der Waals surface area (Å²) < 4.78 is 0. The van der Waals surface area contributed by atoms with Gasteiger partial charge >= 0.3 is 0 Å². The van der Waals surface area contributed by atoms with Crippen molar-refractivity contribution in [1.29, 1.82) is 0 Å². The Morgan fingerprint density at radius 2 is 2.06 bits per heavy atom. The predicted molar refractivity (Wildman–Crippen MR) is 72.3 cm³/mol. The van der Waals surface area contributed by atoms with Crippen LogP contribution in [0.25, 0.3) is 10.9 Å². The van der Waals surface area contributed by atoms with Gasteiger partial charge in [0.15, 0.2) is 0 Å². The molecule has 1 aromatic carbocycles. The van der Waals surface area contributed by atoms with Crippen molar-refractivity contribution in [3.8, 4) is 0 Å². The van der Waals surface area contributed by atoms with Crippen molar-refractivity contribution < 1.29 is 4.79 Å². The monoisotopic (exact) mass is 280 g/mol. The fourth-order valence-corrected chi connectivity index (χ4v) is 3.11. The number of amides is 1. The van der Waals surface area contributed by atoms with E-state index in [1.54, 1.807) is 12.1 Å². The molecule has 0 atom stereocenters. The zero-order valence-corrected chi connectivity index (χ0v) is 11.0. The number of pyridine rings is 1. The molecule has 0 fully saturated rings. The molecule has 5 heteroatoms. The van der Waals surface area contributed by atoms with Gasteiger partial charge in [-0.25, -0.2) is 0 Å². The van der Waals surface area contributed by atoms with Crippen molar-refractivity contribution in [2.24, 2.45) is 5.73 Å².